The van der Waals surface area contributed by atoms with Gasteiger partial charge < -0.3 is 9.88 Å². The van der Waals surface area contributed by atoms with Gasteiger partial charge in [0.05, 0.1) is 17.5 Å². The van der Waals surface area contributed by atoms with Gasteiger partial charge in [0.2, 0.25) is 5.78 Å². The number of piperazine rings is 1. The molecule has 3 heterocycles. The van der Waals surface area contributed by atoms with E-state index in [4.69, 9.17) is 0 Å². The number of aromatic amines is 2. The Bertz CT molecular complexity index is 1200. The maximum Gasteiger partial charge on any atom is 0.274 e. The number of para-hydroxylation sites is 1. The fourth-order valence-electron chi connectivity index (χ4n) is 4.40. The van der Waals surface area contributed by atoms with Crippen LogP contribution in [0.1, 0.15) is 10.4 Å². The standard InChI is InChI=1S/C25H23FN4O/c26-19-10-8-18(9-11-19)25-24(20-5-1-2-6-21(20)28-25)22(31)17-29-13-15-30(16-14-29)23-7-3-4-12-27-23/h1-12,28H,13-17H2/p+2. The zero-order valence-electron chi connectivity index (χ0n) is 17.2. The first-order valence-corrected chi connectivity index (χ1v) is 10.6. The molecule has 3 N–H and O–H groups in total. The summed E-state index contributed by atoms with van der Waals surface area (Å²) in [6, 6.07) is 20.2. The first kappa shape index (κ1) is 19.5. The van der Waals surface area contributed by atoms with Gasteiger partial charge in [-0.1, -0.05) is 24.3 Å². The number of hydrogen-bond acceptors (Lipinski definition) is 2. The van der Waals surface area contributed by atoms with E-state index in [0.29, 0.717) is 12.1 Å². The van der Waals surface area contributed by atoms with Gasteiger partial charge in [-0.2, -0.15) is 0 Å². The van der Waals surface area contributed by atoms with E-state index in [2.05, 4.69) is 20.9 Å². The summed E-state index contributed by atoms with van der Waals surface area (Å²) >= 11 is 0. The van der Waals surface area contributed by atoms with Crippen molar-refractivity contribution in [3.8, 4) is 11.3 Å². The second-order valence-corrected chi connectivity index (χ2v) is 8.01. The fourth-order valence-corrected chi connectivity index (χ4v) is 4.40. The van der Waals surface area contributed by atoms with E-state index in [-0.39, 0.29) is 11.6 Å². The van der Waals surface area contributed by atoms with Gasteiger partial charge in [0, 0.05) is 17.0 Å². The van der Waals surface area contributed by atoms with Gasteiger partial charge in [-0.3, -0.25) is 9.69 Å². The van der Waals surface area contributed by atoms with Gasteiger partial charge in [0.25, 0.3) is 5.82 Å². The number of pyridine rings is 1. The highest BCUT2D eigenvalue weighted by atomic mass is 19.1. The average molecular weight is 417 g/mol. The summed E-state index contributed by atoms with van der Waals surface area (Å²) in [7, 11) is 0. The minimum atomic E-state index is -0.286. The number of fused-ring (bicyclic) bond motifs is 1. The van der Waals surface area contributed by atoms with Gasteiger partial charge in [-0.15, -0.1) is 0 Å². The maximum absolute atomic E-state index is 13.5. The lowest BCUT2D eigenvalue weighted by Crippen LogP contribution is -3.15. The molecule has 156 valence electrons. The second-order valence-electron chi connectivity index (χ2n) is 8.01. The Balaban J connectivity index is 1.37. The molecule has 0 bridgehead atoms. The van der Waals surface area contributed by atoms with Crippen LogP contribution in [0, 0.1) is 5.82 Å². The van der Waals surface area contributed by atoms with E-state index in [1.807, 2.05) is 42.6 Å². The fraction of sp³-hybridized carbons (Fsp3) is 0.200. The Morgan fingerprint density at radius 1 is 1.00 bits per heavy atom. The smallest absolute Gasteiger partial charge is 0.274 e. The molecular weight excluding hydrogens is 391 g/mol. The summed E-state index contributed by atoms with van der Waals surface area (Å²) in [5, 5.41) is 0.920. The van der Waals surface area contributed by atoms with E-state index >= 15 is 0 Å². The van der Waals surface area contributed by atoms with Crippen LogP contribution in [0.25, 0.3) is 22.2 Å². The summed E-state index contributed by atoms with van der Waals surface area (Å²) in [5.74, 6) is 0.945. The number of halogens is 1. The monoisotopic (exact) mass is 416 g/mol. The largest absolute Gasteiger partial charge is 0.354 e. The Morgan fingerprint density at radius 2 is 1.74 bits per heavy atom. The van der Waals surface area contributed by atoms with Crippen molar-refractivity contribution in [1.29, 1.82) is 0 Å². The normalized spacial score (nSPS) is 14.8. The summed E-state index contributed by atoms with van der Waals surface area (Å²) < 4.78 is 13.4. The number of nitrogens with one attached hydrogen (secondary N) is 3. The minimum Gasteiger partial charge on any atom is -0.354 e. The lowest BCUT2D eigenvalue weighted by Gasteiger charge is -2.27. The zero-order valence-corrected chi connectivity index (χ0v) is 17.2. The molecule has 0 saturated carbocycles. The molecule has 1 saturated heterocycles. The predicted molar refractivity (Wildman–Crippen MR) is 119 cm³/mol. The molecule has 5 rings (SSSR count). The van der Waals surface area contributed by atoms with Crippen LogP contribution in [0.15, 0.2) is 72.9 Å². The van der Waals surface area contributed by atoms with Crippen molar-refractivity contribution in [2.75, 3.05) is 37.6 Å². The quantitative estimate of drug-likeness (QED) is 0.491. The molecule has 0 amide bonds. The van der Waals surface area contributed by atoms with Crippen molar-refractivity contribution < 1.29 is 19.1 Å². The number of quaternary nitrogens is 1. The maximum atomic E-state index is 13.5. The lowest BCUT2D eigenvalue weighted by atomic mass is 10.0. The zero-order chi connectivity index (χ0) is 21.2. The van der Waals surface area contributed by atoms with Crippen LogP contribution in [-0.2, 0) is 0 Å². The number of hydrogen-bond donors (Lipinski definition) is 2. The minimum absolute atomic E-state index is 0.117. The molecule has 4 aromatic rings. The van der Waals surface area contributed by atoms with Gasteiger partial charge in [-0.25, -0.2) is 9.37 Å². The number of H-pyrrole nitrogens is 2. The van der Waals surface area contributed by atoms with Crippen molar-refractivity contribution in [1.82, 2.24) is 4.98 Å². The van der Waals surface area contributed by atoms with Crippen LogP contribution in [0.3, 0.4) is 0 Å². The molecule has 6 heteroatoms. The van der Waals surface area contributed by atoms with Crippen LogP contribution in [-0.4, -0.2) is 43.5 Å². The summed E-state index contributed by atoms with van der Waals surface area (Å²) in [4.78, 5) is 23.7. The van der Waals surface area contributed by atoms with E-state index in [1.54, 1.807) is 12.1 Å². The van der Waals surface area contributed by atoms with Gasteiger partial charge >= 0.3 is 0 Å². The van der Waals surface area contributed by atoms with Crippen LogP contribution in [0.4, 0.5) is 10.2 Å². The number of rotatable bonds is 5. The number of nitrogens with zero attached hydrogens (tertiary/aromatic N) is 1. The molecule has 0 atom stereocenters. The third-order valence-electron chi connectivity index (χ3n) is 6.03. The number of carbonyl (C=O) groups is 1. The van der Waals surface area contributed by atoms with Crippen molar-refractivity contribution in [2.24, 2.45) is 0 Å². The van der Waals surface area contributed by atoms with Gasteiger partial charge in [0.1, 0.15) is 38.5 Å². The van der Waals surface area contributed by atoms with E-state index in [1.165, 1.54) is 17.0 Å². The Morgan fingerprint density at radius 3 is 2.48 bits per heavy atom. The van der Waals surface area contributed by atoms with Crippen molar-refractivity contribution in [3.05, 3.63) is 84.3 Å². The molecular formula is C25H25FN4O+2. The molecule has 2 aromatic carbocycles. The SMILES string of the molecule is O=C(C[NH+]1CCN(c2cccc[nH+]2)CC1)c1c(-c2ccc(F)cc2)[nH]c2ccccc12. The van der Waals surface area contributed by atoms with Crippen LogP contribution >= 0.6 is 0 Å². The molecule has 1 aliphatic heterocycles. The van der Waals surface area contributed by atoms with Crippen molar-refractivity contribution in [3.63, 3.8) is 0 Å². The van der Waals surface area contributed by atoms with Gasteiger partial charge in [-0.05, 0) is 42.0 Å². The third-order valence-corrected chi connectivity index (χ3v) is 6.03. The molecule has 1 aliphatic rings. The Labute approximate surface area is 180 Å². The highest BCUT2D eigenvalue weighted by Crippen LogP contribution is 2.30. The molecule has 0 aliphatic carbocycles. The number of benzene rings is 2. The van der Waals surface area contributed by atoms with E-state index < -0.39 is 0 Å². The second kappa shape index (κ2) is 8.32. The molecule has 0 unspecified atom stereocenters. The van der Waals surface area contributed by atoms with E-state index in [0.717, 1.165) is 54.2 Å². The van der Waals surface area contributed by atoms with Crippen LogP contribution < -0.4 is 14.8 Å². The van der Waals surface area contributed by atoms with Crippen LogP contribution in [0.2, 0.25) is 0 Å². The van der Waals surface area contributed by atoms with Crippen LogP contribution in [0.5, 0.6) is 0 Å². The summed E-state index contributed by atoms with van der Waals surface area (Å²) in [6.45, 7) is 4.07. The summed E-state index contributed by atoms with van der Waals surface area (Å²) in [6.07, 6.45) is 1.94. The van der Waals surface area contributed by atoms with Crippen molar-refractivity contribution >= 4 is 22.5 Å². The van der Waals surface area contributed by atoms with E-state index in [9.17, 15) is 9.18 Å². The molecule has 2 aromatic heterocycles. The first-order valence-electron chi connectivity index (χ1n) is 10.6. The molecule has 5 nitrogen and oxygen atoms in total. The molecule has 0 radical (unpaired) electrons. The predicted octanol–water partition coefficient (Wildman–Crippen LogP) is 2.38. The topological polar surface area (TPSA) is 54.7 Å². The number of anilines is 1. The number of ketones is 1. The third kappa shape index (κ3) is 3.94. The number of carbonyl (C=O) groups excluding carboxylic acids is 1. The van der Waals surface area contributed by atoms with Gasteiger partial charge in [0.15, 0.2) is 0 Å². The van der Waals surface area contributed by atoms with Crippen molar-refractivity contribution in [2.45, 2.75) is 0 Å². The molecule has 31 heavy (non-hydrogen) atoms. The molecule has 0 spiro atoms. The Hall–Kier alpha value is -3.51. The highest BCUT2D eigenvalue weighted by molar-refractivity contribution is 6.13. The number of aromatic nitrogens is 2. The lowest BCUT2D eigenvalue weighted by molar-refractivity contribution is -0.892. The average Bonchev–Trinajstić information content (AvgIpc) is 3.20. The molecule has 1 fully saturated rings. The number of Topliss-reactive ketones (excluding diaryl/α,β-unsaturated/α-hetero) is 1. The summed E-state index contributed by atoms with van der Waals surface area (Å²) in [5.41, 5.74) is 3.21. The Kier molecular flexibility index (Phi) is 5.22. The highest BCUT2D eigenvalue weighted by Gasteiger charge is 2.29. The first-order chi connectivity index (χ1) is 15.2.